The number of allylic oxidation sites excluding steroid dienone is 1. The fourth-order valence-electron chi connectivity index (χ4n) is 12.0. The number of amidine groups is 1. The van der Waals surface area contributed by atoms with Crippen LogP contribution in [0, 0.1) is 11.6 Å². The third kappa shape index (κ3) is 18.6. The normalized spacial score (nSPS) is 15.2. The highest BCUT2D eigenvalue weighted by molar-refractivity contribution is 8.05. The van der Waals surface area contributed by atoms with Crippen LogP contribution in [0.1, 0.15) is 64.0 Å². The molecule has 2 amide bonds. The zero-order valence-electron chi connectivity index (χ0n) is 57.5. The number of carbonyl (C=O) groups excluding carboxylic acids is 4. The average Bonchev–Trinajstić information content (AvgIpc) is 1.56. The Balaban J connectivity index is 0.0000110. The maximum absolute atomic E-state index is 18.0. The highest BCUT2D eigenvalue weighted by Gasteiger charge is 2.47. The summed E-state index contributed by atoms with van der Waals surface area (Å²) in [6.07, 6.45) is 1.91. The highest BCUT2D eigenvalue weighted by atomic mass is 127. The van der Waals surface area contributed by atoms with Crippen molar-refractivity contribution in [1.29, 1.82) is 0 Å². The highest BCUT2D eigenvalue weighted by Crippen LogP contribution is 2.44. The topological polar surface area (TPSA) is 216 Å². The summed E-state index contributed by atoms with van der Waals surface area (Å²) < 4.78 is 92.2. The minimum absolute atomic E-state index is 0. The van der Waals surface area contributed by atoms with Crippen molar-refractivity contribution in [3.8, 4) is 17.2 Å². The first-order valence-corrected chi connectivity index (χ1v) is 35.6. The van der Waals surface area contributed by atoms with Gasteiger partial charge in [0.15, 0.2) is 55.4 Å². The number of esters is 2. The molecule has 0 spiro atoms. The van der Waals surface area contributed by atoms with Crippen molar-refractivity contribution >= 4 is 62.1 Å². The maximum atomic E-state index is 18.0. The van der Waals surface area contributed by atoms with Crippen molar-refractivity contribution < 1.29 is 104 Å². The zero-order chi connectivity index (χ0) is 72.2. The maximum Gasteiger partial charge on any atom is 0.355 e. The number of fused-ring (bicyclic) bond motifs is 2. The number of thioether (sulfide) groups is 1. The number of methoxy groups -OCH3 is 3. The van der Waals surface area contributed by atoms with Crippen LogP contribution in [0.5, 0.6) is 17.2 Å². The van der Waals surface area contributed by atoms with Gasteiger partial charge in [0.25, 0.3) is 0 Å². The molecular formula is C80H75F2IN6O14S2. The number of hydrogen-bond donors (Lipinski definition) is 2. The second-order valence-electron chi connectivity index (χ2n) is 23.9. The number of benzene rings is 8. The summed E-state index contributed by atoms with van der Waals surface area (Å²) >= 11 is 1.50. The minimum atomic E-state index is -2.21. The summed E-state index contributed by atoms with van der Waals surface area (Å²) in [6, 6.07) is 64.2. The lowest BCUT2D eigenvalue weighted by molar-refractivity contribution is -0.687. The number of nitrogens with zero attached hydrogens (tertiary/aromatic N) is 4. The van der Waals surface area contributed by atoms with Crippen molar-refractivity contribution in [2.75, 3.05) is 67.1 Å². The number of β-lactam (4-membered cyclic amide) rings is 1. The summed E-state index contributed by atoms with van der Waals surface area (Å²) in [5.74, 6) is -5.78. The largest absolute Gasteiger partial charge is 1.00 e. The predicted molar refractivity (Wildman–Crippen MR) is 388 cm³/mol. The molecule has 8 aromatic carbocycles. The Hall–Kier alpha value is -9.97. The Morgan fingerprint density at radius 3 is 1.88 bits per heavy atom. The number of hydrogen-bond acceptors (Lipinski definition) is 18. The van der Waals surface area contributed by atoms with Crippen molar-refractivity contribution in [1.82, 2.24) is 15.5 Å². The van der Waals surface area contributed by atoms with E-state index in [-0.39, 0.29) is 97.8 Å². The second kappa shape index (κ2) is 37.1. The molecule has 0 bridgehead atoms. The minimum Gasteiger partial charge on any atom is -1.00 e. The zero-order valence-corrected chi connectivity index (χ0v) is 61.3. The molecule has 0 radical (unpaired) electrons. The molecule has 4 heterocycles. The van der Waals surface area contributed by atoms with Crippen molar-refractivity contribution in [3.63, 3.8) is 0 Å². The van der Waals surface area contributed by atoms with Gasteiger partial charge in [-0.2, -0.15) is 0 Å². The SMILES string of the molecule is COCCOCOc1c(F)cc(C(ON=S2C=C(CC(=O)NC=C(C[n+]3ccc4ccccc4c3)C3=C(C(=O)OCc4ccc(OC)cc4)N4C(=O)CC4SC3)N=C2NC(c2ccccc2)(c2ccccc2)c2ccccc2)C(=O)OC(c2ccccc2)c2ccccc2)c(F)c1OCOCCOC.[I-]. The van der Waals surface area contributed by atoms with E-state index < -0.39 is 95.0 Å². The van der Waals surface area contributed by atoms with E-state index >= 15 is 13.6 Å². The van der Waals surface area contributed by atoms with Gasteiger partial charge in [0.1, 0.15) is 23.6 Å². The fraction of sp³-hybridized carbons (Fsp3) is 0.225. The summed E-state index contributed by atoms with van der Waals surface area (Å²) in [7, 11) is 2.74. The number of aromatic nitrogens is 1. The molecule has 3 unspecified atom stereocenters. The van der Waals surface area contributed by atoms with Gasteiger partial charge in [-0.15, -0.1) is 11.8 Å². The summed E-state index contributed by atoms with van der Waals surface area (Å²) in [6.45, 7) is -0.742. The lowest BCUT2D eigenvalue weighted by Crippen LogP contribution is -3.00. The summed E-state index contributed by atoms with van der Waals surface area (Å²) in [4.78, 5) is 71.7. The van der Waals surface area contributed by atoms with Gasteiger partial charge in [-0.05, 0) is 63.0 Å². The Bertz CT molecular complexity index is 4530. The first kappa shape index (κ1) is 76.2. The monoisotopic (exact) mass is 1570 g/mol. The van der Waals surface area contributed by atoms with E-state index in [9.17, 15) is 14.4 Å². The molecule has 0 saturated carbocycles. The van der Waals surface area contributed by atoms with E-state index in [0.717, 1.165) is 33.5 Å². The predicted octanol–water partition coefficient (Wildman–Crippen LogP) is 9.71. The molecule has 25 heteroatoms. The van der Waals surface area contributed by atoms with Crippen LogP contribution in [-0.4, -0.2) is 106 Å². The van der Waals surface area contributed by atoms with Gasteiger partial charge in [0.05, 0.1) is 57.4 Å². The van der Waals surface area contributed by atoms with Crippen LogP contribution in [0.25, 0.3) is 10.8 Å². The van der Waals surface area contributed by atoms with Crippen molar-refractivity contribution in [2.45, 2.75) is 49.1 Å². The van der Waals surface area contributed by atoms with Gasteiger partial charge >= 0.3 is 11.9 Å². The van der Waals surface area contributed by atoms with Gasteiger partial charge in [0, 0.05) is 70.4 Å². The van der Waals surface area contributed by atoms with Crippen LogP contribution in [0.4, 0.5) is 8.78 Å². The molecule has 3 aliphatic rings. The molecule has 0 aliphatic carbocycles. The van der Waals surface area contributed by atoms with Gasteiger partial charge in [-0.25, -0.2) is 32.8 Å². The molecule has 1 fully saturated rings. The number of rotatable bonds is 33. The Morgan fingerprint density at radius 1 is 0.724 bits per heavy atom. The van der Waals surface area contributed by atoms with Gasteiger partial charge in [-0.3, -0.25) is 14.5 Å². The molecule has 542 valence electrons. The van der Waals surface area contributed by atoms with Gasteiger partial charge in [0.2, 0.25) is 29.4 Å². The first-order valence-electron chi connectivity index (χ1n) is 33.3. The van der Waals surface area contributed by atoms with Crippen LogP contribution in [0.2, 0.25) is 0 Å². The van der Waals surface area contributed by atoms with Crippen molar-refractivity contribution in [3.05, 3.63) is 309 Å². The third-order valence-corrected chi connectivity index (χ3v) is 19.7. The van der Waals surface area contributed by atoms with E-state index in [2.05, 4.69) is 10.6 Å². The van der Waals surface area contributed by atoms with Crippen LogP contribution < -0.4 is 53.4 Å². The molecule has 20 nitrogen and oxygen atoms in total. The molecule has 3 aliphatic heterocycles. The van der Waals surface area contributed by atoms with Crippen LogP contribution in [0.15, 0.2) is 268 Å². The van der Waals surface area contributed by atoms with E-state index in [4.69, 9.17) is 57.0 Å². The fourth-order valence-corrected chi connectivity index (χ4v) is 14.5. The standard InChI is InChI=1S/C80H74F2N6O14S2.HI/c1-93-39-41-96-52-99-75-67(81)44-65(71(82)76(75)100-53-97-42-40-94-2)74(78(92)101-73(56-22-9-4-10-23-56)57-24-11-5-12-25-57)102-86-104-51-63(84-79(104)85-80(60-27-13-6-14-28-60,61-29-15-7-16-30-61)62-31-17-8-18-32-62)43-68(89)83-46-59(48-87-38-37-55-21-19-20-26-58(55)47-87)66-50-103-70-45-69(90)88(70)72(66)77(91)98-49-54-33-35-64(95-3)36-34-54;/h4-38,44,46-47,51,70,73-74H,39-43,45,48-50,52-53H2,1-3H3,(H-,83,84,85,89,91);1H. The first-order chi connectivity index (χ1) is 50.9. The lowest BCUT2D eigenvalue weighted by atomic mass is 9.77. The van der Waals surface area contributed by atoms with Gasteiger partial charge in [-0.1, -0.05) is 187 Å². The van der Waals surface area contributed by atoms with E-state index in [1.807, 2.05) is 138 Å². The molecule has 105 heavy (non-hydrogen) atoms. The number of nitrogens with one attached hydrogen (secondary N) is 2. The average molecular weight is 1570 g/mol. The molecule has 12 rings (SSSR count). The summed E-state index contributed by atoms with van der Waals surface area (Å²) in [5, 5.41) is 10.1. The number of pyridine rings is 1. The van der Waals surface area contributed by atoms with Crippen LogP contribution in [-0.2, 0) is 81.8 Å². The molecular weight excluding hydrogens is 1500 g/mol. The van der Waals surface area contributed by atoms with E-state index in [1.165, 1.54) is 37.1 Å². The number of amides is 2. The Morgan fingerprint density at radius 2 is 1.30 bits per heavy atom. The lowest BCUT2D eigenvalue weighted by Gasteiger charge is -2.44. The molecule has 3 atom stereocenters. The number of carbonyl (C=O) groups is 4. The molecule has 9 aromatic rings. The van der Waals surface area contributed by atoms with E-state index in [0.29, 0.717) is 39.3 Å². The molecule has 1 aromatic heterocycles. The second-order valence-corrected chi connectivity index (χ2v) is 26.5. The van der Waals surface area contributed by atoms with Crippen LogP contribution >= 0.6 is 11.8 Å². The Kier molecular flexibility index (Phi) is 26.9. The number of ether oxygens (including phenoxy) is 9. The Labute approximate surface area is 630 Å². The summed E-state index contributed by atoms with van der Waals surface area (Å²) in [5.41, 5.74) is 3.32. The van der Waals surface area contributed by atoms with Gasteiger partial charge < -0.3 is 77.2 Å². The molecule has 2 N–H and O–H groups in total. The number of halogens is 3. The van der Waals surface area contributed by atoms with Crippen LogP contribution in [0.3, 0.4) is 0 Å². The van der Waals surface area contributed by atoms with Crippen molar-refractivity contribution in [2.24, 2.45) is 9.52 Å². The molecule has 1 saturated heterocycles. The smallest absolute Gasteiger partial charge is 0.355 e. The van der Waals surface area contributed by atoms with E-state index in [1.54, 1.807) is 97.4 Å². The number of aliphatic imine (C=N–C) groups is 1. The third-order valence-electron chi connectivity index (χ3n) is 17.2. The quantitative estimate of drug-likeness (QED) is 0.00572.